The van der Waals surface area contributed by atoms with Crippen molar-refractivity contribution in [1.29, 1.82) is 0 Å². The molecule has 2 aliphatic rings. The van der Waals surface area contributed by atoms with Gasteiger partial charge in [-0.15, -0.1) is 11.3 Å². The number of aliphatic imine (C=N–C) groups is 1. The lowest BCUT2D eigenvalue weighted by molar-refractivity contribution is -0.117. The molecule has 2 atom stereocenters. The van der Waals surface area contributed by atoms with Crippen LogP contribution in [0.5, 0.6) is 0 Å². The van der Waals surface area contributed by atoms with E-state index in [1.807, 2.05) is 40.6 Å². The van der Waals surface area contributed by atoms with Gasteiger partial charge in [0.15, 0.2) is 15.0 Å². The Kier molecular flexibility index (Phi) is 5.39. The number of nitrogens with zero attached hydrogens (tertiary/aromatic N) is 2. The zero-order valence-corrected chi connectivity index (χ0v) is 17.1. The molecule has 5 nitrogen and oxygen atoms in total. The molecule has 4 rings (SSSR count). The first-order chi connectivity index (χ1) is 13.0. The van der Waals surface area contributed by atoms with E-state index in [1.165, 1.54) is 17.3 Å². The van der Waals surface area contributed by atoms with E-state index in [2.05, 4.69) is 17.1 Å². The molecule has 0 unspecified atom stereocenters. The highest BCUT2D eigenvalue weighted by Gasteiger charge is 2.48. The van der Waals surface area contributed by atoms with Crippen LogP contribution in [0.15, 0.2) is 52.8 Å². The van der Waals surface area contributed by atoms with E-state index >= 15 is 0 Å². The average molecular weight is 421 g/mol. The van der Waals surface area contributed by atoms with Crippen LogP contribution in [0.3, 0.4) is 0 Å². The number of fused-ring (bicyclic) bond motifs is 1. The smallest absolute Gasteiger partial charge is 0.253 e. The lowest BCUT2D eigenvalue weighted by atomic mass is 10.1. The van der Waals surface area contributed by atoms with E-state index in [0.717, 1.165) is 11.3 Å². The third-order valence-corrected chi connectivity index (χ3v) is 8.91. The van der Waals surface area contributed by atoms with E-state index < -0.39 is 9.84 Å². The Morgan fingerprint density at radius 1 is 1.15 bits per heavy atom. The molecule has 0 bridgehead atoms. The first kappa shape index (κ1) is 18.7. The number of thiophene rings is 1. The van der Waals surface area contributed by atoms with Gasteiger partial charge >= 0.3 is 0 Å². The van der Waals surface area contributed by atoms with Gasteiger partial charge in [-0.3, -0.25) is 4.79 Å². The van der Waals surface area contributed by atoms with Gasteiger partial charge in [-0.1, -0.05) is 48.2 Å². The molecule has 1 amide bonds. The Labute approximate surface area is 167 Å². The zero-order valence-electron chi connectivity index (χ0n) is 14.7. The summed E-state index contributed by atoms with van der Waals surface area (Å²) < 4.78 is 24.1. The lowest BCUT2D eigenvalue weighted by Gasteiger charge is -2.24. The molecule has 27 heavy (non-hydrogen) atoms. The van der Waals surface area contributed by atoms with Gasteiger partial charge in [-0.25, -0.2) is 8.42 Å². The second-order valence-corrected chi connectivity index (χ2v) is 11.2. The summed E-state index contributed by atoms with van der Waals surface area (Å²) in [5.41, 5.74) is 1.19. The molecule has 2 aliphatic heterocycles. The largest absolute Gasteiger partial charge is 0.346 e. The van der Waals surface area contributed by atoms with Crippen molar-refractivity contribution < 1.29 is 13.2 Å². The number of thioether (sulfide) groups is 1. The van der Waals surface area contributed by atoms with Crippen LogP contribution in [0.25, 0.3) is 0 Å². The van der Waals surface area contributed by atoms with Crippen molar-refractivity contribution in [2.75, 3.05) is 18.1 Å². The molecule has 3 heterocycles. The minimum atomic E-state index is -3.02. The molecule has 0 N–H and O–H groups in total. The van der Waals surface area contributed by atoms with Crippen LogP contribution in [0, 0.1) is 0 Å². The van der Waals surface area contributed by atoms with Crippen LogP contribution in [-0.4, -0.2) is 53.7 Å². The van der Waals surface area contributed by atoms with E-state index in [4.69, 9.17) is 0 Å². The second kappa shape index (κ2) is 7.77. The minimum Gasteiger partial charge on any atom is -0.346 e. The molecule has 1 aromatic heterocycles. The van der Waals surface area contributed by atoms with E-state index in [0.29, 0.717) is 18.1 Å². The van der Waals surface area contributed by atoms with Gasteiger partial charge in [0.1, 0.15) is 0 Å². The summed E-state index contributed by atoms with van der Waals surface area (Å²) in [5, 5.41) is 2.60. The zero-order chi connectivity index (χ0) is 18.9. The van der Waals surface area contributed by atoms with Crippen LogP contribution in [-0.2, 0) is 27.5 Å². The van der Waals surface area contributed by atoms with Crippen LogP contribution in [0.4, 0.5) is 0 Å². The van der Waals surface area contributed by atoms with Crippen molar-refractivity contribution in [1.82, 2.24) is 4.90 Å². The molecule has 0 spiro atoms. The van der Waals surface area contributed by atoms with Gasteiger partial charge in [0.2, 0.25) is 0 Å². The third-order valence-electron chi connectivity index (χ3n) is 4.78. The van der Waals surface area contributed by atoms with Gasteiger partial charge < -0.3 is 4.90 Å². The lowest BCUT2D eigenvalue weighted by Crippen LogP contribution is -2.39. The predicted molar refractivity (Wildman–Crippen MR) is 111 cm³/mol. The fourth-order valence-corrected chi connectivity index (χ4v) is 8.19. The van der Waals surface area contributed by atoms with Crippen molar-refractivity contribution in [2.45, 2.75) is 24.1 Å². The van der Waals surface area contributed by atoms with Gasteiger partial charge in [0.05, 0.1) is 24.0 Å². The van der Waals surface area contributed by atoms with Crippen LogP contribution in [0.2, 0.25) is 0 Å². The summed E-state index contributed by atoms with van der Waals surface area (Å²) >= 11 is 2.99. The number of hydrogen-bond donors (Lipinski definition) is 0. The highest BCUT2D eigenvalue weighted by Crippen LogP contribution is 2.38. The molecule has 2 aromatic rings. The van der Waals surface area contributed by atoms with Crippen molar-refractivity contribution in [2.24, 2.45) is 4.99 Å². The minimum absolute atomic E-state index is 0.0286. The molecule has 2 saturated heterocycles. The number of hydrogen-bond acceptors (Lipinski definition) is 5. The molecule has 2 fully saturated rings. The summed E-state index contributed by atoms with van der Waals surface area (Å²) in [4.78, 5) is 19.8. The Bertz CT molecular complexity index is 940. The number of rotatable bonds is 5. The predicted octanol–water partition coefficient (Wildman–Crippen LogP) is 2.63. The number of amidine groups is 1. The van der Waals surface area contributed by atoms with Crippen LogP contribution in [0.1, 0.15) is 10.4 Å². The van der Waals surface area contributed by atoms with Crippen molar-refractivity contribution in [3.8, 4) is 0 Å². The van der Waals surface area contributed by atoms with Gasteiger partial charge in [0, 0.05) is 16.7 Å². The Hall–Kier alpha value is -1.64. The van der Waals surface area contributed by atoms with Gasteiger partial charge in [0.25, 0.3) is 5.91 Å². The number of benzene rings is 1. The normalized spacial score (nSPS) is 25.0. The van der Waals surface area contributed by atoms with E-state index in [-0.39, 0.29) is 28.7 Å². The number of sulfone groups is 1. The molecule has 0 radical (unpaired) electrons. The van der Waals surface area contributed by atoms with E-state index in [9.17, 15) is 13.2 Å². The average Bonchev–Trinajstić information content (AvgIpc) is 3.29. The molecule has 1 aromatic carbocycles. The topological polar surface area (TPSA) is 66.8 Å². The fourth-order valence-electron chi connectivity index (χ4n) is 3.50. The highest BCUT2D eigenvalue weighted by atomic mass is 32.2. The number of carbonyl (C=O) groups excluding carboxylic acids is 1. The molecule has 0 saturated carbocycles. The monoisotopic (exact) mass is 420 g/mol. The first-order valence-corrected chi connectivity index (χ1v) is 12.4. The SMILES string of the molecule is O=C(Cc1cccs1)N=C1S[C@H]2CS(=O)(=O)C[C@@H]2N1CCc1ccccc1. The maximum Gasteiger partial charge on any atom is 0.253 e. The molecule has 8 heteroatoms. The summed E-state index contributed by atoms with van der Waals surface area (Å²) in [5.74, 6) is 0.146. The summed E-state index contributed by atoms with van der Waals surface area (Å²) in [6.45, 7) is 0.665. The number of amides is 1. The van der Waals surface area contributed by atoms with Gasteiger partial charge in [-0.05, 0) is 23.4 Å². The summed E-state index contributed by atoms with van der Waals surface area (Å²) in [6.07, 6.45) is 1.09. The maximum absolute atomic E-state index is 12.4. The Morgan fingerprint density at radius 3 is 2.70 bits per heavy atom. The van der Waals surface area contributed by atoms with Gasteiger partial charge in [-0.2, -0.15) is 4.99 Å². The molecule has 0 aliphatic carbocycles. The summed E-state index contributed by atoms with van der Waals surface area (Å²) in [7, 11) is -3.02. The van der Waals surface area contributed by atoms with Crippen molar-refractivity contribution >= 4 is 44.0 Å². The van der Waals surface area contributed by atoms with E-state index in [1.54, 1.807) is 11.3 Å². The van der Waals surface area contributed by atoms with Crippen LogP contribution >= 0.6 is 23.1 Å². The second-order valence-electron chi connectivity index (χ2n) is 6.77. The molecular weight excluding hydrogens is 400 g/mol. The highest BCUT2D eigenvalue weighted by molar-refractivity contribution is 8.15. The van der Waals surface area contributed by atoms with Crippen molar-refractivity contribution in [3.05, 3.63) is 58.3 Å². The van der Waals surface area contributed by atoms with Crippen LogP contribution < -0.4 is 0 Å². The first-order valence-electron chi connectivity index (χ1n) is 8.82. The fraction of sp³-hybridized carbons (Fsp3) is 0.368. The quantitative estimate of drug-likeness (QED) is 0.744. The molecular formula is C19H20N2O3S3. The third kappa shape index (κ3) is 4.44. The Morgan fingerprint density at radius 2 is 1.96 bits per heavy atom. The standard InChI is InChI=1S/C19H20N2O3S3/c22-18(11-15-7-4-10-25-15)20-19-21(9-8-14-5-2-1-3-6-14)16-12-27(23,24)13-17(16)26-19/h1-7,10,16-17H,8-9,11-13H2/t16-,17-/m0/s1. The number of carbonyl (C=O) groups is 1. The summed E-state index contributed by atoms with van der Waals surface area (Å²) in [6, 6.07) is 13.9. The molecule has 142 valence electrons. The Balaban J connectivity index is 1.52. The van der Waals surface area contributed by atoms with Crippen molar-refractivity contribution in [3.63, 3.8) is 0 Å². The maximum atomic E-state index is 12.4.